The van der Waals surface area contributed by atoms with Gasteiger partial charge in [0.15, 0.2) is 0 Å². The Bertz CT molecular complexity index is 739. The average Bonchev–Trinajstić information content (AvgIpc) is 2.98. The molecule has 1 fully saturated rings. The molecule has 1 aliphatic rings. The fourth-order valence-corrected chi connectivity index (χ4v) is 3.14. The van der Waals surface area contributed by atoms with Crippen LogP contribution in [0.2, 0.25) is 0 Å². The standard InChI is InChI=1S/C18H17N/c1-2-5-14-11-17-12-16(18-6-3-9-19-18)8-7-15(17)10-13(14)4-1/h1-2,4-5,7-8,10-12,18-19H,3,6,9H2/t18-/m1/s1. The highest BCUT2D eigenvalue weighted by atomic mass is 14.9. The van der Waals surface area contributed by atoms with E-state index in [2.05, 4.69) is 59.9 Å². The normalized spacial score (nSPS) is 19.3. The zero-order valence-corrected chi connectivity index (χ0v) is 10.9. The van der Waals surface area contributed by atoms with Gasteiger partial charge in [-0.3, -0.25) is 0 Å². The summed E-state index contributed by atoms with van der Waals surface area (Å²) in [6.45, 7) is 1.15. The minimum Gasteiger partial charge on any atom is -0.310 e. The second-order valence-electron chi connectivity index (χ2n) is 5.45. The Morgan fingerprint density at radius 1 is 0.789 bits per heavy atom. The molecule has 0 bridgehead atoms. The lowest BCUT2D eigenvalue weighted by Crippen LogP contribution is -2.12. The first-order chi connectivity index (χ1) is 9.40. The van der Waals surface area contributed by atoms with Gasteiger partial charge in [-0.15, -0.1) is 0 Å². The van der Waals surface area contributed by atoms with Crippen molar-refractivity contribution in [2.24, 2.45) is 0 Å². The Morgan fingerprint density at radius 2 is 1.53 bits per heavy atom. The number of fused-ring (bicyclic) bond motifs is 2. The molecule has 1 aliphatic heterocycles. The SMILES string of the molecule is c1ccc2cc3cc([C@H]4CCCN4)ccc3cc2c1. The van der Waals surface area contributed by atoms with E-state index < -0.39 is 0 Å². The predicted octanol–water partition coefficient (Wildman–Crippen LogP) is 4.42. The summed E-state index contributed by atoms with van der Waals surface area (Å²) in [5, 5.41) is 8.91. The van der Waals surface area contributed by atoms with Crippen LogP contribution in [0.3, 0.4) is 0 Å². The molecule has 0 saturated carbocycles. The van der Waals surface area contributed by atoms with E-state index in [-0.39, 0.29) is 0 Å². The lowest BCUT2D eigenvalue weighted by molar-refractivity contribution is 0.648. The summed E-state index contributed by atoms with van der Waals surface area (Å²) >= 11 is 0. The van der Waals surface area contributed by atoms with Crippen molar-refractivity contribution in [2.45, 2.75) is 18.9 Å². The second kappa shape index (κ2) is 4.36. The molecule has 1 heteroatoms. The van der Waals surface area contributed by atoms with Crippen molar-refractivity contribution in [3.05, 3.63) is 60.2 Å². The van der Waals surface area contributed by atoms with Gasteiger partial charge in [-0.2, -0.15) is 0 Å². The molecular formula is C18H17N. The van der Waals surface area contributed by atoms with Gasteiger partial charge in [0.25, 0.3) is 0 Å². The lowest BCUT2D eigenvalue weighted by Gasteiger charge is -2.12. The summed E-state index contributed by atoms with van der Waals surface area (Å²) in [5.41, 5.74) is 1.43. The summed E-state index contributed by atoms with van der Waals surface area (Å²) in [7, 11) is 0. The van der Waals surface area contributed by atoms with E-state index in [4.69, 9.17) is 0 Å². The van der Waals surface area contributed by atoms with Crippen molar-refractivity contribution < 1.29 is 0 Å². The largest absolute Gasteiger partial charge is 0.310 e. The first kappa shape index (κ1) is 11.0. The fourth-order valence-electron chi connectivity index (χ4n) is 3.14. The van der Waals surface area contributed by atoms with Gasteiger partial charge in [-0.05, 0) is 64.7 Å². The Balaban J connectivity index is 1.89. The molecule has 1 saturated heterocycles. The van der Waals surface area contributed by atoms with Gasteiger partial charge in [0.2, 0.25) is 0 Å². The zero-order valence-electron chi connectivity index (χ0n) is 10.9. The number of nitrogens with one attached hydrogen (secondary N) is 1. The molecule has 19 heavy (non-hydrogen) atoms. The highest BCUT2D eigenvalue weighted by molar-refractivity contribution is 5.98. The van der Waals surface area contributed by atoms with E-state index in [9.17, 15) is 0 Å². The number of hydrogen-bond donors (Lipinski definition) is 1. The summed E-state index contributed by atoms with van der Waals surface area (Å²) in [4.78, 5) is 0. The molecule has 4 rings (SSSR count). The molecule has 1 N–H and O–H groups in total. The minimum absolute atomic E-state index is 0.552. The van der Waals surface area contributed by atoms with E-state index >= 15 is 0 Å². The highest BCUT2D eigenvalue weighted by Gasteiger charge is 2.16. The minimum atomic E-state index is 0.552. The van der Waals surface area contributed by atoms with Crippen LogP contribution in [0.5, 0.6) is 0 Å². The van der Waals surface area contributed by atoms with E-state index in [1.165, 1.54) is 39.9 Å². The van der Waals surface area contributed by atoms with Gasteiger partial charge < -0.3 is 5.32 Å². The van der Waals surface area contributed by atoms with Gasteiger partial charge >= 0.3 is 0 Å². The predicted molar refractivity (Wildman–Crippen MR) is 81.4 cm³/mol. The Hall–Kier alpha value is -1.86. The maximum atomic E-state index is 3.57. The third-order valence-electron chi connectivity index (χ3n) is 4.19. The number of hydrogen-bond acceptors (Lipinski definition) is 1. The molecule has 1 heterocycles. The molecule has 1 atom stereocenters. The Kier molecular flexibility index (Phi) is 2.52. The van der Waals surface area contributed by atoms with Crippen LogP contribution in [0.15, 0.2) is 54.6 Å². The van der Waals surface area contributed by atoms with Crippen LogP contribution >= 0.6 is 0 Å². The van der Waals surface area contributed by atoms with Crippen molar-refractivity contribution in [3.63, 3.8) is 0 Å². The van der Waals surface area contributed by atoms with Gasteiger partial charge in [-0.1, -0.05) is 36.4 Å². The van der Waals surface area contributed by atoms with E-state index in [1.54, 1.807) is 0 Å². The maximum Gasteiger partial charge on any atom is 0.0320 e. The van der Waals surface area contributed by atoms with Crippen LogP contribution in [0.1, 0.15) is 24.4 Å². The van der Waals surface area contributed by atoms with Crippen molar-refractivity contribution >= 4 is 21.5 Å². The van der Waals surface area contributed by atoms with Crippen LogP contribution in [0.4, 0.5) is 0 Å². The third-order valence-corrected chi connectivity index (χ3v) is 4.19. The Labute approximate surface area is 113 Å². The average molecular weight is 247 g/mol. The van der Waals surface area contributed by atoms with Crippen LogP contribution < -0.4 is 5.32 Å². The molecular weight excluding hydrogens is 230 g/mol. The van der Waals surface area contributed by atoms with Crippen molar-refractivity contribution in [1.29, 1.82) is 0 Å². The topological polar surface area (TPSA) is 12.0 Å². The first-order valence-electron chi connectivity index (χ1n) is 7.06. The summed E-state index contributed by atoms with van der Waals surface area (Å²) < 4.78 is 0. The molecule has 0 amide bonds. The Morgan fingerprint density at radius 3 is 2.26 bits per heavy atom. The van der Waals surface area contributed by atoms with Gasteiger partial charge in [-0.25, -0.2) is 0 Å². The second-order valence-corrected chi connectivity index (χ2v) is 5.45. The van der Waals surface area contributed by atoms with Crippen molar-refractivity contribution in [3.8, 4) is 0 Å². The van der Waals surface area contributed by atoms with Gasteiger partial charge in [0.1, 0.15) is 0 Å². The van der Waals surface area contributed by atoms with Crippen LogP contribution in [0.25, 0.3) is 21.5 Å². The summed E-state index contributed by atoms with van der Waals surface area (Å²) in [5.74, 6) is 0. The molecule has 0 radical (unpaired) electrons. The molecule has 3 aromatic rings. The third kappa shape index (κ3) is 1.91. The van der Waals surface area contributed by atoms with Gasteiger partial charge in [0, 0.05) is 6.04 Å². The molecule has 0 aromatic heterocycles. The number of benzene rings is 3. The fraction of sp³-hybridized carbons (Fsp3) is 0.222. The molecule has 3 aromatic carbocycles. The monoisotopic (exact) mass is 247 g/mol. The van der Waals surface area contributed by atoms with Gasteiger partial charge in [0.05, 0.1) is 0 Å². The smallest absolute Gasteiger partial charge is 0.0320 e. The zero-order chi connectivity index (χ0) is 12.7. The summed E-state index contributed by atoms with van der Waals surface area (Å²) in [6, 6.07) is 20.6. The first-order valence-corrected chi connectivity index (χ1v) is 7.06. The summed E-state index contributed by atoms with van der Waals surface area (Å²) in [6.07, 6.45) is 2.56. The quantitative estimate of drug-likeness (QED) is 0.628. The molecule has 0 aliphatic carbocycles. The van der Waals surface area contributed by atoms with Crippen LogP contribution in [-0.4, -0.2) is 6.54 Å². The highest BCUT2D eigenvalue weighted by Crippen LogP contribution is 2.28. The molecule has 0 unspecified atom stereocenters. The van der Waals surface area contributed by atoms with E-state index in [1.807, 2.05) is 0 Å². The maximum absolute atomic E-state index is 3.57. The molecule has 0 spiro atoms. The lowest BCUT2D eigenvalue weighted by atomic mass is 9.98. The van der Waals surface area contributed by atoms with E-state index in [0.29, 0.717) is 6.04 Å². The van der Waals surface area contributed by atoms with Crippen molar-refractivity contribution in [2.75, 3.05) is 6.54 Å². The van der Waals surface area contributed by atoms with Crippen molar-refractivity contribution in [1.82, 2.24) is 5.32 Å². The molecule has 94 valence electrons. The van der Waals surface area contributed by atoms with Crippen LogP contribution in [-0.2, 0) is 0 Å². The van der Waals surface area contributed by atoms with Crippen LogP contribution in [0, 0.1) is 0 Å². The van der Waals surface area contributed by atoms with E-state index in [0.717, 1.165) is 6.54 Å². The number of rotatable bonds is 1. The molecule has 1 nitrogen and oxygen atoms in total.